The third kappa shape index (κ3) is 4.58. The summed E-state index contributed by atoms with van der Waals surface area (Å²) in [4.78, 5) is 12.8. The predicted molar refractivity (Wildman–Crippen MR) is 102 cm³/mol. The van der Waals surface area contributed by atoms with Crippen LogP contribution < -0.4 is 4.74 Å². The first-order valence-corrected chi connectivity index (χ1v) is 10.8. The Morgan fingerprint density at radius 3 is 2.40 bits per heavy atom. The van der Waals surface area contributed by atoms with Gasteiger partial charge in [0.15, 0.2) is 0 Å². The highest BCUT2D eigenvalue weighted by atomic mass is 19.4. The van der Waals surface area contributed by atoms with Crippen molar-refractivity contribution in [3.63, 3.8) is 0 Å². The van der Waals surface area contributed by atoms with E-state index < -0.39 is 35.7 Å². The van der Waals surface area contributed by atoms with Gasteiger partial charge in [0.2, 0.25) is 0 Å². The van der Waals surface area contributed by atoms with E-state index in [0.29, 0.717) is 37.8 Å². The molecule has 1 aromatic carbocycles. The molecule has 1 N–H and O–H groups in total. The molecule has 0 bridgehead atoms. The number of halogens is 4. The van der Waals surface area contributed by atoms with Gasteiger partial charge in [-0.1, -0.05) is 12.8 Å². The lowest BCUT2D eigenvalue weighted by atomic mass is 9.93. The lowest BCUT2D eigenvalue weighted by Crippen LogP contribution is -2.55. The normalized spacial score (nSPS) is 24.7. The van der Waals surface area contributed by atoms with Crippen molar-refractivity contribution in [2.75, 3.05) is 13.1 Å². The minimum absolute atomic E-state index is 0.125. The maximum absolute atomic E-state index is 14.3. The van der Waals surface area contributed by atoms with Gasteiger partial charge in [-0.05, 0) is 68.5 Å². The fourth-order valence-electron chi connectivity index (χ4n) is 5.09. The third-order valence-corrected chi connectivity index (χ3v) is 6.63. The highest BCUT2D eigenvalue weighted by Crippen LogP contribution is 2.46. The second-order valence-corrected chi connectivity index (χ2v) is 8.86. The number of hydrogen-bond acceptors (Lipinski definition) is 3. The van der Waals surface area contributed by atoms with E-state index in [2.05, 4.69) is 0 Å². The Bertz CT molecular complexity index is 787. The molecule has 8 heteroatoms. The number of likely N-dealkylation sites (tertiary alicyclic amines) is 1. The van der Waals surface area contributed by atoms with Gasteiger partial charge in [0, 0.05) is 12.6 Å². The van der Waals surface area contributed by atoms with Crippen LogP contribution in [0.15, 0.2) is 12.1 Å². The summed E-state index contributed by atoms with van der Waals surface area (Å²) in [5, 5.41) is 9.19. The lowest BCUT2D eigenvalue weighted by Gasteiger charge is -2.41. The van der Waals surface area contributed by atoms with E-state index in [1.54, 1.807) is 0 Å². The van der Waals surface area contributed by atoms with Gasteiger partial charge >= 0.3 is 12.1 Å². The Kier molecular flexibility index (Phi) is 5.97. The van der Waals surface area contributed by atoms with Crippen LogP contribution in [0, 0.1) is 11.7 Å². The van der Waals surface area contributed by atoms with Gasteiger partial charge in [-0.15, -0.1) is 0 Å². The zero-order valence-corrected chi connectivity index (χ0v) is 16.8. The van der Waals surface area contributed by atoms with Gasteiger partial charge in [0.1, 0.15) is 23.7 Å². The van der Waals surface area contributed by atoms with E-state index >= 15 is 0 Å². The first-order valence-electron chi connectivity index (χ1n) is 10.8. The SMILES string of the molecule is O=C(O)c1cc(C2CC2)c(O[C@@H]2CCCN(C(C3CCCC3)C(F)(F)F)C2)cc1F. The molecule has 2 atom stereocenters. The van der Waals surface area contributed by atoms with Crippen LogP contribution in [0.4, 0.5) is 17.6 Å². The number of benzene rings is 1. The first-order chi connectivity index (χ1) is 14.2. The van der Waals surface area contributed by atoms with Crippen molar-refractivity contribution < 1.29 is 32.2 Å². The van der Waals surface area contributed by atoms with E-state index in [4.69, 9.17) is 4.74 Å². The predicted octanol–water partition coefficient (Wildman–Crippen LogP) is 5.37. The van der Waals surface area contributed by atoms with Crippen LogP contribution in [-0.4, -0.2) is 47.4 Å². The second kappa shape index (κ2) is 8.36. The number of aromatic carboxylic acids is 1. The Morgan fingerprint density at radius 2 is 1.80 bits per heavy atom. The van der Waals surface area contributed by atoms with Gasteiger partial charge in [0.25, 0.3) is 0 Å². The maximum Gasteiger partial charge on any atom is 0.404 e. The molecule has 0 radical (unpaired) electrons. The standard InChI is InChI=1S/C22H27F4NO3/c23-18-11-19(16(13-7-8-13)10-17(18)21(28)29)30-15-6-3-9-27(12-15)20(22(24,25)26)14-4-1-2-5-14/h10-11,13-15,20H,1-9,12H2,(H,28,29)/t15-,20?/m1/s1. The van der Waals surface area contributed by atoms with Crippen LogP contribution in [-0.2, 0) is 0 Å². The van der Waals surface area contributed by atoms with Crippen LogP contribution >= 0.6 is 0 Å². The number of piperidine rings is 1. The van der Waals surface area contributed by atoms with E-state index in [-0.39, 0.29) is 24.1 Å². The topological polar surface area (TPSA) is 49.8 Å². The molecule has 0 aromatic heterocycles. The van der Waals surface area contributed by atoms with Crippen molar-refractivity contribution in [2.24, 2.45) is 5.92 Å². The number of carboxylic acid groups (broad SMARTS) is 1. The molecule has 1 aromatic rings. The summed E-state index contributed by atoms with van der Waals surface area (Å²) in [7, 11) is 0. The fraction of sp³-hybridized carbons (Fsp3) is 0.682. The van der Waals surface area contributed by atoms with Gasteiger partial charge in [-0.25, -0.2) is 9.18 Å². The van der Waals surface area contributed by atoms with Crippen LogP contribution in [0.25, 0.3) is 0 Å². The third-order valence-electron chi connectivity index (χ3n) is 6.63. The minimum Gasteiger partial charge on any atom is -0.489 e. The molecule has 0 amide bonds. The molecule has 4 nitrogen and oxygen atoms in total. The first kappa shape index (κ1) is 21.4. The zero-order valence-electron chi connectivity index (χ0n) is 16.8. The fourth-order valence-corrected chi connectivity index (χ4v) is 5.09. The van der Waals surface area contributed by atoms with Crippen molar-refractivity contribution in [1.29, 1.82) is 0 Å². The molecule has 1 heterocycles. The van der Waals surface area contributed by atoms with Gasteiger partial charge < -0.3 is 9.84 Å². The summed E-state index contributed by atoms with van der Waals surface area (Å²) in [6, 6.07) is 0.955. The van der Waals surface area contributed by atoms with Crippen LogP contribution in [0.1, 0.15) is 73.2 Å². The molecule has 166 valence electrons. The summed E-state index contributed by atoms with van der Waals surface area (Å²) in [5.74, 6) is -2.20. The van der Waals surface area contributed by atoms with E-state index in [1.807, 2.05) is 0 Å². The van der Waals surface area contributed by atoms with Crippen molar-refractivity contribution >= 4 is 5.97 Å². The Labute approximate surface area is 173 Å². The molecule has 0 spiro atoms. The number of carboxylic acids is 1. The van der Waals surface area contributed by atoms with Crippen molar-refractivity contribution in [1.82, 2.24) is 4.90 Å². The Balaban J connectivity index is 1.53. The van der Waals surface area contributed by atoms with Crippen molar-refractivity contribution in [2.45, 2.75) is 75.6 Å². The highest BCUT2D eigenvalue weighted by molar-refractivity contribution is 5.88. The number of ether oxygens (including phenoxy) is 1. The van der Waals surface area contributed by atoms with Crippen LogP contribution in [0.2, 0.25) is 0 Å². The van der Waals surface area contributed by atoms with Crippen LogP contribution in [0.3, 0.4) is 0 Å². The number of alkyl halides is 3. The van der Waals surface area contributed by atoms with E-state index in [1.165, 1.54) is 11.0 Å². The molecule has 4 rings (SSSR count). The zero-order chi connectivity index (χ0) is 21.5. The van der Waals surface area contributed by atoms with Crippen molar-refractivity contribution in [3.05, 3.63) is 29.1 Å². The van der Waals surface area contributed by atoms with Crippen molar-refractivity contribution in [3.8, 4) is 5.75 Å². The average Bonchev–Trinajstić information content (AvgIpc) is 3.37. The molecule has 2 aliphatic carbocycles. The molecule has 30 heavy (non-hydrogen) atoms. The van der Waals surface area contributed by atoms with E-state index in [0.717, 1.165) is 31.7 Å². The highest BCUT2D eigenvalue weighted by Gasteiger charge is 2.49. The summed E-state index contributed by atoms with van der Waals surface area (Å²) < 4.78 is 61.9. The van der Waals surface area contributed by atoms with Gasteiger partial charge in [0.05, 0.1) is 5.56 Å². The maximum atomic E-state index is 14.3. The molecule has 3 fully saturated rings. The lowest BCUT2D eigenvalue weighted by molar-refractivity contribution is -0.203. The molecule has 1 aliphatic heterocycles. The molecule has 1 saturated heterocycles. The molecular formula is C22H27F4NO3. The van der Waals surface area contributed by atoms with Gasteiger partial charge in [-0.2, -0.15) is 13.2 Å². The largest absolute Gasteiger partial charge is 0.489 e. The molecular weight excluding hydrogens is 402 g/mol. The molecule has 3 aliphatic rings. The summed E-state index contributed by atoms with van der Waals surface area (Å²) >= 11 is 0. The Morgan fingerprint density at radius 1 is 1.10 bits per heavy atom. The summed E-state index contributed by atoms with van der Waals surface area (Å²) in [5.41, 5.74) is 0.252. The number of hydrogen-bond donors (Lipinski definition) is 1. The number of rotatable bonds is 6. The minimum atomic E-state index is -4.29. The molecule has 1 unspecified atom stereocenters. The Hall–Kier alpha value is -1.83. The quantitative estimate of drug-likeness (QED) is 0.618. The second-order valence-electron chi connectivity index (χ2n) is 8.86. The monoisotopic (exact) mass is 429 g/mol. The van der Waals surface area contributed by atoms with Crippen LogP contribution in [0.5, 0.6) is 5.75 Å². The van der Waals surface area contributed by atoms with Gasteiger partial charge in [-0.3, -0.25) is 4.90 Å². The molecule has 2 saturated carbocycles. The average molecular weight is 429 g/mol. The summed E-state index contributed by atoms with van der Waals surface area (Å²) in [6.45, 7) is 0.523. The van der Waals surface area contributed by atoms with E-state index in [9.17, 15) is 27.5 Å². The number of carbonyl (C=O) groups is 1. The number of nitrogens with zero attached hydrogens (tertiary/aromatic N) is 1. The summed E-state index contributed by atoms with van der Waals surface area (Å²) in [6.07, 6.45) is 1.03. The smallest absolute Gasteiger partial charge is 0.404 e.